The molecular weight excluding hydrogens is 328 g/mol. The summed E-state index contributed by atoms with van der Waals surface area (Å²) < 4.78 is 5.53. The third kappa shape index (κ3) is 4.54. The minimum absolute atomic E-state index is 0.0153. The second-order valence-electron chi connectivity index (χ2n) is 7.68. The van der Waals surface area contributed by atoms with Crippen LogP contribution in [0.3, 0.4) is 0 Å². The standard InChI is InChI=1S/C20H32N4O2/c1-14-10-22-18(15(2)19(14)26-3)13-24-9-5-6-16(12-24)11-23-20(25)17-7-4-8-21-17/h10,16-17,21H,4-9,11-13H2,1-3H3,(H,23,25). The molecule has 6 heteroatoms. The van der Waals surface area contributed by atoms with Crippen LogP contribution in [-0.2, 0) is 11.3 Å². The largest absolute Gasteiger partial charge is 0.496 e. The number of ether oxygens (including phenoxy) is 1. The van der Waals surface area contributed by atoms with Gasteiger partial charge in [-0.25, -0.2) is 0 Å². The Morgan fingerprint density at radius 3 is 2.96 bits per heavy atom. The molecule has 0 saturated carbocycles. The molecule has 144 valence electrons. The lowest BCUT2D eigenvalue weighted by atomic mass is 9.97. The number of amides is 1. The molecule has 0 aromatic carbocycles. The summed E-state index contributed by atoms with van der Waals surface area (Å²) in [5, 5.41) is 6.42. The van der Waals surface area contributed by atoms with Gasteiger partial charge in [-0.1, -0.05) is 0 Å². The number of aromatic nitrogens is 1. The van der Waals surface area contributed by atoms with Gasteiger partial charge in [0.05, 0.1) is 18.8 Å². The first kappa shape index (κ1) is 19.1. The third-order valence-electron chi connectivity index (χ3n) is 5.67. The summed E-state index contributed by atoms with van der Waals surface area (Å²) in [6.07, 6.45) is 6.31. The first-order chi connectivity index (χ1) is 12.6. The number of nitrogens with zero attached hydrogens (tertiary/aromatic N) is 2. The summed E-state index contributed by atoms with van der Waals surface area (Å²) in [5.74, 6) is 1.63. The molecule has 0 aliphatic carbocycles. The van der Waals surface area contributed by atoms with Crippen molar-refractivity contribution in [2.45, 2.75) is 52.1 Å². The number of carbonyl (C=O) groups excluding carboxylic acids is 1. The Morgan fingerprint density at radius 1 is 1.38 bits per heavy atom. The van der Waals surface area contributed by atoms with E-state index in [-0.39, 0.29) is 11.9 Å². The molecule has 6 nitrogen and oxygen atoms in total. The summed E-state index contributed by atoms with van der Waals surface area (Å²) >= 11 is 0. The minimum atomic E-state index is 0.0153. The second-order valence-corrected chi connectivity index (χ2v) is 7.68. The first-order valence-electron chi connectivity index (χ1n) is 9.81. The smallest absolute Gasteiger partial charge is 0.237 e. The van der Waals surface area contributed by atoms with Gasteiger partial charge in [-0.2, -0.15) is 0 Å². The Balaban J connectivity index is 1.53. The van der Waals surface area contributed by atoms with Crippen molar-refractivity contribution < 1.29 is 9.53 Å². The normalized spacial score (nSPS) is 23.8. The number of hydrogen-bond acceptors (Lipinski definition) is 5. The van der Waals surface area contributed by atoms with Crippen molar-refractivity contribution in [2.75, 3.05) is 33.3 Å². The number of rotatable bonds is 6. The Labute approximate surface area is 156 Å². The van der Waals surface area contributed by atoms with Gasteiger partial charge in [0.25, 0.3) is 0 Å². The van der Waals surface area contributed by atoms with Gasteiger partial charge in [-0.05, 0) is 58.5 Å². The van der Waals surface area contributed by atoms with Crippen molar-refractivity contribution in [2.24, 2.45) is 5.92 Å². The minimum Gasteiger partial charge on any atom is -0.496 e. The van der Waals surface area contributed by atoms with E-state index >= 15 is 0 Å². The Hall–Kier alpha value is -1.66. The zero-order valence-electron chi connectivity index (χ0n) is 16.3. The molecule has 2 fully saturated rings. The Kier molecular flexibility index (Phi) is 6.48. The third-order valence-corrected chi connectivity index (χ3v) is 5.67. The molecule has 2 saturated heterocycles. The number of likely N-dealkylation sites (tertiary alicyclic amines) is 1. The van der Waals surface area contributed by atoms with Gasteiger partial charge in [0.1, 0.15) is 5.75 Å². The van der Waals surface area contributed by atoms with Crippen molar-refractivity contribution >= 4 is 5.91 Å². The summed E-state index contributed by atoms with van der Waals surface area (Å²) in [4.78, 5) is 19.3. The highest BCUT2D eigenvalue weighted by Crippen LogP contribution is 2.26. The van der Waals surface area contributed by atoms with Gasteiger partial charge < -0.3 is 15.4 Å². The molecule has 3 rings (SSSR count). The van der Waals surface area contributed by atoms with Gasteiger partial charge in [0.2, 0.25) is 5.91 Å². The average Bonchev–Trinajstić information content (AvgIpc) is 3.18. The summed E-state index contributed by atoms with van der Waals surface area (Å²) in [6.45, 7) is 8.80. The zero-order valence-corrected chi connectivity index (χ0v) is 16.3. The van der Waals surface area contributed by atoms with Crippen molar-refractivity contribution in [1.29, 1.82) is 0 Å². The molecule has 2 aliphatic rings. The maximum absolute atomic E-state index is 12.2. The molecule has 0 radical (unpaired) electrons. The molecule has 0 spiro atoms. The van der Waals surface area contributed by atoms with Crippen molar-refractivity contribution in [1.82, 2.24) is 20.5 Å². The van der Waals surface area contributed by atoms with Crippen molar-refractivity contribution in [3.8, 4) is 5.75 Å². The molecule has 0 bridgehead atoms. The van der Waals surface area contributed by atoms with Crippen LogP contribution in [0, 0.1) is 19.8 Å². The summed E-state index contributed by atoms with van der Waals surface area (Å²) in [5.41, 5.74) is 3.30. The molecule has 3 heterocycles. The van der Waals surface area contributed by atoms with E-state index in [0.29, 0.717) is 5.92 Å². The first-order valence-corrected chi connectivity index (χ1v) is 9.81. The lowest BCUT2D eigenvalue weighted by Crippen LogP contribution is -2.45. The van der Waals surface area contributed by atoms with Crippen LogP contribution in [0.5, 0.6) is 5.75 Å². The fraction of sp³-hybridized carbons (Fsp3) is 0.700. The SMILES string of the molecule is COc1c(C)cnc(CN2CCCC(CNC(=O)C3CCCN3)C2)c1C. The van der Waals surface area contributed by atoms with Crippen molar-refractivity contribution in [3.05, 3.63) is 23.0 Å². The van der Waals surface area contributed by atoms with Gasteiger partial charge in [0.15, 0.2) is 0 Å². The van der Waals surface area contributed by atoms with Crippen LogP contribution in [0.4, 0.5) is 0 Å². The van der Waals surface area contributed by atoms with Crippen LogP contribution >= 0.6 is 0 Å². The van der Waals surface area contributed by atoms with Gasteiger partial charge in [0, 0.05) is 37.0 Å². The van der Waals surface area contributed by atoms with E-state index in [9.17, 15) is 4.79 Å². The summed E-state index contributed by atoms with van der Waals surface area (Å²) in [7, 11) is 1.72. The van der Waals surface area contributed by atoms with Crippen LogP contribution in [0.2, 0.25) is 0 Å². The van der Waals surface area contributed by atoms with Gasteiger partial charge in [-0.15, -0.1) is 0 Å². The number of carbonyl (C=O) groups is 1. The monoisotopic (exact) mass is 360 g/mol. The molecule has 2 aliphatic heterocycles. The van der Waals surface area contributed by atoms with E-state index in [1.165, 1.54) is 12.8 Å². The molecule has 1 amide bonds. The number of aryl methyl sites for hydroxylation is 1. The quantitative estimate of drug-likeness (QED) is 0.810. The van der Waals surface area contributed by atoms with Crippen molar-refractivity contribution in [3.63, 3.8) is 0 Å². The van der Waals surface area contributed by atoms with E-state index < -0.39 is 0 Å². The van der Waals surface area contributed by atoms with Crippen LogP contribution in [0.1, 0.15) is 42.5 Å². The number of nitrogens with one attached hydrogen (secondary N) is 2. The second kappa shape index (κ2) is 8.82. The predicted molar refractivity (Wildman–Crippen MR) is 102 cm³/mol. The van der Waals surface area contributed by atoms with Gasteiger partial charge in [-0.3, -0.25) is 14.7 Å². The Bertz CT molecular complexity index is 628. The molecule has 1 aromatic rings. The molecule has 2 unspecified atom stereocenters. The van der Waals surface area contributed by atoms with E-state index in [2.05, 4.69) is 27.4 Å². The number of hydrogen-bond donors (Lipinski definition) is 2. The molecule has 2 N–H and O–H groups in total. The Morgan fingerprint density at radius 2 is 2.23 bits per heavy atom. The molecular formula is C20H32N4O2. The predicted octanol–water partition coefficient (Wildman–Crippen LogP) is 1.79. The molecule has 2 atom stereocenters. The zero-order chi connectivity index (χ0) is 18.5. The van der Waals surface area contributed by atoms with Crippen LogP contribution < -0.4 is 15.4 Å². The van der Waals surface area contributed by atoms with E-state index in [1.54, 1.807) is 7.11 Å². The summed E-state index contributed by atoms with van der Waals surface area (Å²) in [6, 6.07) is 0.0153. The van der Waals surface area contributed by atoms with E-state index in [1.807, 2.05) is 13.1 Å². The number of pyridine rings is 1. The number of piperidine rings is 1. The molecule has 26 heavy (non-hydrogen) atoms. The average molecular weight is 361 g/mol. The fourth-order valence-electron chi connectivity index (χ4n) is 4.18. The highest BCUT2D eigenvalue weighted by Gasteiger charge is 2.25. The van der Waals surface area contributed by atoms with Crippen LogP contribution in [0.25, 0.3) is 0 Å². The number of methoxy groups -OCH3 is 1. The topological polar surface area (TPSA) is 66.5 Å². The van der Waals surface area contributed by atoms with Crippen LogP contribution in [0.15, 0.2) is 6.20 Å². The van der Waals surface area contributed by atoms with Crippen LogP contribution in [-0.4, -0.2) is 55.1 Å². The fourth-order valence-corrected chi connectivity index (χ4v) is 4.18. The highest BCUT2D eigenvalue weighted by atomic mass is 16.5. The van der Waals surface area contributed by atoms with Gasteiger partial charge >= 0.3 is 0 Å². The van der Waals surface area contributed by atoms with E-state index in [0.717, 1.165) is 68.1 Å². The lowest BCUT2D eigenvalue weighted by molar-refractivity contribution is -0.123. The lowest BCUT2D eigenvalue weighted by Gasteiger charge is -2.33. The van der Waals surface area contributed by atoms with E-state index in [4.69, 9.17) is 4.74 Å². The molecule has 1 aromatic heterocycles. The highest BCUT2D eigenvalue weighted by molar-refractivity contribution is 5.81. The maximum Gasteiger partial charge on any atom is 0.237 e. The maximum atomic E-state index is 12.2.